The summed E-state index contributed by atoms with van der Waals surface area (Å²) in [7, 11) is 3.18. The summed E-state index contributed by atoms with van der Waals surface area (Å²) in [4.78, 5) is 12.0. The van der Waals surface area contributed by atoms with Crippen molar-refractivity contribution in [2.75, 3.05) is 20.8 Å². The Hall–Kier alpha value is -2.76. The summed E-state index contributed by atoms with van der Waals surface area (Å²) in [5.74, 6) is 1.04. The van der Waals surface area contributed by atoms with Gasteiger partial charge in [0.2, 0.25) is 0 Å². The lowest BCUT2D eigenvalue weighted by atomic mass is 10.1. The van der Waals surface area contributed by atoms with Crippen LogP contribution in [0.2, 0.25) is 0 Å². The fraction of sp³-hybridized carbons (Fsp3) is 0.316. The van der Waals surface area contributed by atoms with Gasteiger partial charge in [-0.1, -0.05) is 18.2 Å². The summed E-state index contributed by atoms with van der Waals surface area (Å²) in [5, 5.41) is 5.64. The zero-order valence-corrected chi connectivity index (χ0v) is 14.6. The number of hydrogen-bond donors (Lipinski definition) is 2. The van der Waals surface area contributed by atoms with Gasteiger partial charge < -0.3 is 20.1 Å². The first-order valence-electron chi connectivity index (χ1n) is 8.04. The third-order valence-corrected chi connectivity index (χ3v) is 3.86. The van der Waals surface area contributed by atoms with E-state index in [1.165, 1.54) is 12.1 Å². The SMILES string of the molecule is COc1ccc(CCNC(=O)NC(C)c2ccc(F)cc2)cc1OC. The minimum absolute atomic E-state index is 0.207. The second-order valence-electron chi connectivity index (χ2n) is 5.61. The Morgan fingerprint density at radius 3 is 2.40 bits per heavy atom. The first-order valence-corrected chi connectivity index (χ1v) is 8.04. The summed E-state index contributed by atoms with van der Waals surface area (Å²) in [5.41, 5.74) is 1.88. The van der Waals surface area contributed by atoms with Gasteiger partial charge in [0.1, 0.15) is 5.82 Å². The average molecular weight is 346 g/mol. The molecule has 25 heavy (non-hydrogen) atoms. The third-order valence-electron chi connectivity index (χ3n) is 3.86. The van der Waals surface area contributed by atoms with E-state index < -0.39 is 0 Å². The van der Waals surface area contributed by atoms with Crippen molar-refractivity contribution in [2.24, 2.45) is 0 Å². The van der Waals surface area contributed by atoms with Gasteiger partial charge in [-0.15, -0.1) is 0 Å². The van der Waals surface area contributed by atoms with Gasteiger partial charge in [0.05, 0.1) is 20.3 Å². The second-order valence-corrected chi connectivity index (χ2v) is 5.61. The van der Waals surface area contributed by atoms with Gasteiger partial charge >= 0.3 is 6.03 Å². The molecule has 0 radical (unpaired) electrons. The standard InChI is InChI=1S/C19H23FN2O3/c1-13(15-5-7-16(20)8-6-15)22-19(23)21-11-10-14-4-9-17(24-2)18(12-14)25-3/h4-9,12-13H,10-11H2,1-3H3,(H2,21,22,23). The molecule has 134 valence electrons. The van der Waals surface area contributed by atoms with Gasteiger partial charge in [-0.3, -0.25) is 0 Å². The molecule has 2 aromatic rings. The quantitative estimate of drug-likeness (QED) is 0.807. The van der Waals surface area contributed by atoms with E-state index in [1.54, 1.807) is 26.4 Å². The number of benzene rings is 2. The fourth-order valence-corrected chi connectivity index (χ4v) is 2.44. The van der Waals surface area contributed by atoms with E-state index in [1.807, 2.05) is 25.1 Å². The summed E-state index contributed by atoms with van der Waals surface area (Å²) in [6.07, 6.45) is 0.665. The molecule has 0 heterocycles. The summed E-state index contributed by atoms with van der Waals surface area (Å²) >= 11 is 0. The number of halogens is 1. The molecule has 0 aromatic heterocycles. The number of rotatable bonds is 7. The highest BCUT2D eigenvalue weighted by molar-refractivity contribution is 5.74. The van der Waals surface area contributed by atoms with Gasteiger partial charge in [0.15, 0.2) is 11.5 Å². The summed E-state index contributed by atoms with van der Waals surface area (Å²) in [6.45, 7) is 2.33. The molecular formula is C19H23FN2O3. The van der Waals surface area contributed by atoms with Crippen LogP contribution < -0.4 is 20.1 Å². The summed E-state index contributed by atoms with van der Waals surface area (Å²) in [6, 6.07) is 11.3. The molecule has 1 unspecified atom stereocenters. The molecule has 6 heteroatoms. The molecule has 0 saturated heterocycles. The van der Waals surface area contributed by atoms with Crippen molar-refractivity contribution in [1.82, 2.24) is 10.6 Å². The molecule has 0 aliphatic rings. The van der Waals surface area contributed by atoms with Gasteiger partial charge in [-0.05, 0) is 48.7 Å². The van der Waals surface area contributed by atoms with Crippen molar-refractivity contribution in [3.63, 3.8) is 0 Å². The van der Waals surface area contributed by atoms with Crippen molar-refractivity contribution >= 4 is 6.03 Å². The Kier molecular flexibility index (Phi) is 6.62. The van der Waals surface area contributed by atoms with Crippen LogP contribution in [0.3, 0.4) is 0 Å². The molecule has 2 aromatic carbocycles. The van der Waals surface area contributed by atoms with E-state index in [0.29, 0.717) is 24.5 Å². The predicted octanol–water partition coefficient (Wildman–Crippen LogP) is 3.45. The first-order chi connectivity index (χ1) is 12.0. The van der Waals surface area contributed by atoms with E-state index in [9.17, 15) is 9.18 Å². The van der Waals surface area contributed by atoms with Crippen LogP contribution in [0.25, 0.3) is 0 Å². The molecule has 0 aliphatic carbocycles. The maximum absolute atomic E-state index is 12.9. The van der Waals surface area contributed by atoms with Crippen molar-refractivity contribution in [1.29, 1.82) is 0 Å². The largest absolute Gasteiger partial charge is 0.493 e. The fourth-order valence-electron chi connectivity index (χ4n) is 2.44. The van der Waals surface area contributed by atoms with Crippen molar-refractivity contribution in [3.8, 4) is 11.5 Å². The van der Waals surface area contributed by atoms with Crippen molar-refractivity contribution in [2.45, 2.75) is 19.4 Å². The Bertz CT molecular complexity index is 704. The third kappa shape index (κ3) is 5.38. The zero-order chi connectivity index (χ0) is 18.2. The zero-order valence-electron chi connectivity index (χ0n) is 14.6. The van der Waals surface area contributed by atoms with Crippen LogP contribution in [0.1, 0.15) is 24.1 Å². The van der Waals surface area contributed by atoms with Crippen LogP contribution in [0.15, 0.2) is 42.5 Å². The lowest BCUT2D eigenvalue weighted by Crippen LogP contribution is -2.38. The van der Waals surface area contributed by atoms with Crippen LogP contribution in [-0.2, 0) is 6.42 Å². The van der Waals surface area contributed by atoms with Gasteiger partial charge in [0, 0.05) is 6.54 Å². The molecule has 0 spiro atoms. The lowest BCUT2D eigenvalue weighted by molar-refractivity contribution is 0.238. The van der Waals surface area contributed by atoms with E-state index in [2.05, 4.69) is 10.6 Å². The highest BCUT2D eigenvalue weighted by Crippen LogP contribution is 2.27. The van der Waals surface area contributed by atoms with Crippen molar-refractivity contribution < 1.29 is 18.7 Å². The van der Waals surface area contributed by atoms with Crippen LogP contribution in [-0.4, -0.2) is 26.8 Å². The molecule has 1 atom stereocenters. The molecule has 2 rings (SSSR count). The number of nitrogens with one attached hydrogen (secondary N) is 2. The topological polar surface area (TPSA) is 59.6 Å². The van der Waals surface area contributed by atoms with Gasteiger partial charge in [0.25, 0.3) is 0 Å². The number of carbonyl (C=O) groups excluding carboxylic acids is 1. The summed E-state index contributed by atoms with van der Waals surface area (Å²) < 4.78 is 23.4. The van der Waals surface area contributed by atoms with Crippen LogP contribution in [0.4, 0.5) is 9.18 Å². The molecular weight excluding hydrogens is 323 g/mol. The second kappa shape index (κ2) is 8.92. The predicted molar refractivity (Wildman–Crippen MR) is 94.6 cm³/mol. The molecule has 2 amide bonds. The number of ether oxygens (including phenoxy) is 2. The molecule has 0 fully saturated rings. The Labute approximate surface area is 147 Å². The van der Waals surface area contributed by atoms with E-state index in [-0.39, 0.29) is 17.9 Å². The minimum atomic E-state index is -0.296. The van der Waals surface area contributed by atoms with Crippen LogP contribution in [0.5, 0.6) is 11.5 Å². The Morgan fingerprint density at radius 1 is 1.08 bits per heavy atom. The maximum Gasteiger partial charge on any atom is 0.315 e. The minimum Gasteiger partial charge on any atom is -0.493 e. The smallest absolute Gasteiger partial charge is 0.315 e. The Balaban J connectivity index is 1.81. The molecule has 0 saturated carbocycles. The molecule has 0 aliphatic heterocycles. The number of carbonyl (C=O) groups is 1. The average Bonchev–Trinajstić information content (AvgIpc) is 2.62. The monoisotopic (exact) mass is 346 g/mol. The lowest BCUT2D eigenvalue weighted by Gasteiger charge is -2.15. The highest BCUT2D eigenvalue weighted by atomic mass is 19.1. The van der Waals surface area contributed by atoms with Gasteiger partial charge in [-0.25, -0.2) is 9.18 Å². The first kappa shape index (κ1) is 18.6. The number of urea groups is 1. The van der Waals surface area contributed by atoms with Crippen molar-refractivity contribution in [3.05, 3.63) is 59.4 Å². The molecule has 5 nitrogen and oxygen atoms in total. The normalized spacial score (nSPS) is 11.5. The maximum atomic E-state index is 12.9. The van der Waals surface area contributed by atoms with E-state index >= 15 is 0 Å². The highest BCUT2D eigenvalue weighted by Gasteiger charge is 2.09. The Morgan fingerprint density at radius 2 is 1.76 bits per heavy atom. The van der Waals surface area contributed by atoms with E-state index in [4.69, 9.17) is 9.47 Å². The number of amides is 2. The van der Waals surface area contributed by atoms with Gasteiger partial charge in [-0.2, -0.15) is 0 Å². The number of hydrogen-bond acceptors (Lipinski definition) is 3. The number of methoxy groups -OCH3 is 2. The molecule has 0 bridgehead atoms. The molecule has 2 N–H and O–H groups in total. The van der Waals surface area contributed by atoms with Crippen LogP contribution in [0, 0.1) is 5.82 Å². The van der Waals surface area contributed by atoms with Crippen LogP contribution >= 0.6 is 0 Å². The van der Waals surface area contributed by atoms with E-state index in [0.717, 1.165) is 11.1 Å².